The number of rotatable bonds is 7. The average Bonchev–Trinajstić information content (AvgIpc) is 3.33. The van der Waals surface area contributed by atoms with E-state index in [-0.39, 0.29) is 27.4 Å². The summed E-state index contributed by atoms with van der Waals surface area (Å²) in [5, 5.41) is 2.84. The van der Waals surface area contributed by atoms with Gasteiger partial charge in [-0.25, -0.2) is 13.2 Å². The molecule has 1 saturated carbocycles. The zero-order valence-electron chi connectivity index (χ0n) is 15.1. The van der Waals surface area contributed by atoms with Crippen molar-refractivity contribution >= 4 is 33.5 Å². The number of carbonyl (C=O) groups is 2. The van der Waals surface area contributed by atoms with Crippen molar-refractivity contribution in [1.82, 2.24) is 9.62 Å². The first-order chi connectivity index (χ1) is 12.8. The quantitative estimate of drug-likeness (QED) is 0.690. The molecule has 1 heterocycles. The van der Waals surface area contributed by atoms with Gasteiger partial charge in [0.1, 0.15) is 4.90 Å². The standard InChI is InChI=1S/C18H23ClN2O5S/c1-12(13-4-5-13)20-17(22)11-26-18(23)14-6-7-15(19)16(10-14)27(24,25)21-8-2-3-9-21/h6-7,10,12-13H,2-5,8-9,11H2,1H3,(H,20,22)/t12-/m1/s1. The minimum absolute atomic E-state index is 0.0419. The van der Waals surface area contributed by atoms with Crippen molar-refractivity contribution in [3.63, 3.8) is 0 Å². The second-order valence-corrected chi connectivity index (χ2v) is 9.34. The number of carbonyl (C=O) groups excluding carboxylic acids is 2. The molecule has 0 bridgehead atoms. The molecule has 1 amide bonds. The van der Waals surface area contributed by atoms with Gasteiger partial charge in [-0.05, 0) is 56.7 Å². The van der Waals surface area contributed by atoms with E-state index in [1.165, 1.54) is 22.5 Å². The first-order valence-electron chi connectivity index (χ1n) is 9.05. The molecule has 1 saturated heterocycles. The van der Waals surface area contributed by atoms with Crippen LogP contribution in [0.5, 0.6) is 0 Å². The van der Waals surface area contributed by atoms with Crippen molar-refractivity contribution in [2.24, 2.45) is 5.92 Å². The van der Waals surface area contributed by atoms with Crippen LogP contribution in [0.3, 0.4) is 0 Å². The van der Waals surface area contributed by atoms with Crippen molar-refractivity contribution in [1.29, 1.82) is 0 Å². The molecule has 27 heavy (non-hydrogen) atoms. The number of halogens is 1. The number of amides is 1. The Labute approximate surface area is 164 Å². The van der Waals surface area contributed by atoms with Crippen LogP contribution in [0.1, 0.15) is 43.0 Å². The van der Waals surface area contributed by atoms with Crippen molar-refractivity contribution < 1.29 is 22.7 Å². The van der Waals surface area contributed by atoms with Crippen LogP contribution in [-0.2, 0) is 19.6 Å². The Kier molecular flexibility index (Phi) is 6.08. The molecule has 0 aromatic heterocycles. The van der Waals surface area contributed by atoms with Crippen LogP contribution >= 0.6 is 11.6 Å². The summed E-state index contributed by atoms with van der Waals surface area (Å²) in [5.41, 5.74) is 0.0419. The van der Waals surface area contributed by atoms with E-state index < -0.39 is 22.6 Å². The van der Waals surface area contributed by atoms with Gasteiger partial charge in [-0.1, -0.05) is 11.6 Å². The minimum Gasteiger partial charge on any atom is -0.452 e. The Balaban J connectivity index is 1.65. The van der Waals surface area contributed by atoms with E-state index in [0.29, 0.717) is 19.0 Å². The van der Waals surface area contributed by atoms with Crippen LogP contribution in [0.4, 0.5) is 0 Å². The van der Waals surface area contributed by atoms with Crippen LogP contribution < -0.4 is 5.32 Å². The molecule has 7 nitrogen and oxygen atoms in total. The molecular formula is C18H23ClN2O5S. The van der Waals surface area contributed by atoms with E-state index in [4.69, 9.17) is 16.3 Å². The maximum absolute atomic E-state index is 12.7. The summed E-state index contributed by atoms with van der Waals surface area (Å²) in [6.07, 6.45) is 3.79. The molecule has 1 aliphatic carbocycles. The SMILES string of the molecule is C[C@@H](NC(=O)COC(=O)c1ccc(Cl)c(S(=O)(=O)N2CCCC2)c1)C1CC1. The third kappa shape index (κ3) is 4.80. The van der Waals surface area contributed by atoms with E-state index in [2.05, 4.69) is 5.32 Å². The molecule has 0 radical (unpaired) electrons. The van der Waals surface area contributed by atoms with Gasteiger partial charge in [-0.3, -0.25) is 4.79 Å². The second-order valence-electron chi connectivity index (χ2n) is 7.03. The second kappa shape index (κ2) is 8.16. The van der Waals surface area contributed by atoms with Crippen LogP contribution in [0, 0.1) is 5.92 Å². The van der Waals surface area contributed by atoms with Gasteiger partial charge in [-0.2, -0.15) is 4.31 Å². The highest BCUT2D eigenvalue weighted by Crippen LogP contribution is 2.32. The molecule has 3 rings (SSSR count). The van der Waals surface area contributed by atoms with E-state index in [9.17, 15) is 18.0 Å². The van der Waals surface area contributed by atoms with E-state index >= 15 is 0 Å². The van der Waals surface area contributed by atoms with Crippen LogP contribution in [0.25, 0.3) is 0 Å². The fraction of sp³-hybridized carbons (Fsp3) is 0.556. The van der Waals surface area contributed by atoms with Crippen molar-refractivity contribution in [2.75, 3.05) is 19.7 Å². The molecule has 1 aliphatic heterocycles. The summed E-state index contributed by atoms with van der Waals surface area (Å²) in [6.45, 7) is 2.39. The molecule has 0 unspecified atom stereocenters. The molecule has 1 aromatic carbocycles. The number of ether oxygens (including phenoxy) is 1. The molecular weight excluding hydrogens is 392 g/mol. The lowest BCUT2D eigenvalue weighted by molar-refractivity contribution is -0.124. The number of sulfonamides is 1. The Morgan fingerprint density at radius 3 is 2.59 bits per heavy atom. The van der Waals surface area contributed by atoms with Crippen LogP contribution in [0.2, 0.25) is 5.02 Å². The predicted molar refractivity (Wildman–Crippen MR) is 100 cm³/mol. The summed E-state index contributed by atoms with van der Waals surface area (Å²) in [4.78, 5) is 24.0. The highest BCUT2D eigenvalue weighted by Gasteiger charge is 2.31. The monoisotopic (exact) mass is 414 g/mol. The lowest BCUT2D eigenvalue weighted by Crippen LogP contribution is -2.37. The van der Waals surface area contributed by atoms with Gasteiger partial charge in [0.15, 0.2) is 6.61 Å². The molecule has 1 atom stereocenters. The maximum Gasteiger partial charge on any atom is 0.338 e. The fourth-order valence-corrected chi connectivity index (χ4v) is 5.14. The molecule has 2 aliphatic rings. The first kappa shape index (κ1) is 20.1. The van der Waals surface area contributed by atoms with Crippen molar-refractivity contribution in [2.45, 2.75) is 43.5 Å². The molecule has 2 fully saturated rings. The third-order valence-corrected chi connectivity index (χ3v) is 7.28. The van der Waals surface area contributed by atoms with Gasteiger partial charge < -0.3 is 10.1 Å². The van der Waals surface area contributed by atoms with Gasteiger partial charge in [0.2, 0.25) is 10.0 Å². The lowest BCUT2D eigenvalue weighted by Gasteiger charge is -2.17. The highest BCUT2D eigenvalue weighted by molar-refractivity contribution is 7.89. The number of nitrogens with one attached hydrogen (secondary N) is 1. The van der Waals surface area contributed by atoms with E-state index in [0.717, 1.165) is 25.7 Å². The Bertz CT molecular complexity index is 832. The van der Waals surface area contributed by atoms with Crippen molar-refractivity contribution in [3.8, 4) is 0 Å². The summed E-state index contributed by atoms with van der Waals surface area (Å²) in [5.74, 6) is -0.639. The fourth-order valence-electron chi connectivity index (χ4n) is 3.12. The van der Waals surface area contributed by atoms with Crippen molar-refractivity contribution in [3.05, 3.63) is 28.8 Å². The summed E-state index contributed by atoms with van der Waals surface area (Å²) >= 11 is 6.06. The highest BCUT2D eigenvalue weighted by atomic mass is 35.5. The van der Waals surface area contributed by atoms with Crippen LogP contribution in [-0.4, -0.2) is 50.3 Å². The Morgan fingerprint density at radius 2 is 1.96 bits per heavy atom. The largest absolute Gasteiger partial charge is 0.452 e. The smallest absolute Gasteiger partial charge is 0.338 e. The predicted octanol–water partition coefficient (Wildman–Crippen LogP) is 2.20. The third-order valence-electron chi connectivity index (χ3n) is 4.90. The number of nitrogens with zero attached hydrogens (tertiary/aromatic N) is 1. The average molecular weight is 415 g/mol. The summed E-state index contributed by atoms with van der Waals surface area (Å²) < 4.78 is 31.8. The minimum atomic E-state index is -3.76. The topological polar surface area (TPSA) is 92.8 Å². The zero-order chi connectivity index (χ0) is 19.6. The van der Waals surface area contributed by atoms with Gasteiger partial charge in [0.05, 0.1) is 10.6 Å². The van der Waals surface area contributed by atoms with Gasteiger partial charge >= 0.3 is 5.97 Å². The Morgan fingerprint density at radius 1 is 1.30 bits per heavy atom. The summed E-state index contributed by atoms with van der Waals surface area (Å²) in [7, 11) is -3.76. The number of hydrogen-bond donors (Lipinski definition) is 1. The zero-order valence-corrected chi connectivity index (χ0v) is 16.7. The molecule has 9 heteroatoms. The maximum atomic E-state index is 12.7. The van der Waals surface area contributed by atoms with Gasteiger partial charge in [-0.15, -0.1) is 0 Å². The molecule has 148 valence electrons. The van der Waals surface area contributed by atoms with Gasteiger partial charge in [0.25, 0.3) is 5.91 Å². The first-order valence-corrected chi connectivity index (χ1v) is 10.9. The Hall–Kier alpha value is -1.64. The van der Waals surface area contributed by atoms with Gasteiger partial charge in [0, 0.05) is 19.1 Å². The lowest BCUT2D eigenvalue weighted by atomic mass is 10.2. The van der Waals surface area contributed by atoms with E-state index in [1.807, 2.05) is 6.92 Å². The normalized spacial score (nSPS) is 18.9. The van der Waals surface area contributed by atoms with E-state index in [1.54, 1.807) is 0 Å². The summed E-state index contributed by atoms with van der Waals surface area (Å²) in [6, 6.07) is 4.02. The molecule has 1 N–H and O–H groups in total. The number of esters is 1. The number of hydrogen-bond acceptors (Lipinski definition) is 5. The molecule has 0 spiro atoms. The number of benzene rings is 1. The molecule has 1 aromatic rings. The van der Waals surface area contributed by atoms with Crippen LogP contribution in [0.15, 0.2) is 23.1 Å².